The first kappa shape index (κ1) is 29.5. The topological polar surface area (TPSA) is 112 Å². The molecule has 0 aliphatic carbocycles. The first-order chi connectivity index (χ1) is 17.1. The van der Waals surface area contributed by atoms with E-state index in [4.69, 9.17) is 34.3 Å². The second-order valence-corrected chi connectivity index (χ2v) is 7.86. The third kappa shape index (κ3) is 9.00. The van der Waals surface area contributed by atoms with Gasteiger partial charge < -0.3 is 24.6 Å². The molecule has 0 spiro atoms. The van der Waals surface area contributed by atoms with Crippen molar-refractivity contribution in [2.24, 2.45) is 0 Å². The van der Waals surface area contributed by atoms with Crippen molar-refractivity contribution in [1.82, 2.24) is 9.88 Å². The number of fused-ring (bicyclic) bond motifs is 2. The second-order valence-electron chi connectivity index (χ2n) is 7.86. The average molecular weight is 539 g/mol. The Morgan fingerprint density at radius 3 is 2.08 bits per heavy atom. The summed E-state index contributed by atoms with van der Waals surface area (Å²) in [7, 11) is 2.12. The molecule has 2 aliphatic rings. The van der Waals surface area contributed by atoms with Crippen LogP contribution < -0.4 is 14.4 Å². The van der Waals surface area contributed by atoms with Crippen LogP contribution in [0.15, 0.2) is 30.3 Å². The van der Waals surface area contributed by atoms with E-state index >= 15 is 0 Å². The minimum Gasteiger partial charge on any atom is -0.475 e. The minimum atomic E-state index is -5.08. The number of aromatic nitrogens is 1. The lowest BCUT2D eigenvalue weighted by atomic mass is 10.1. The van der Waals surface area contributed by atoms with Crippen molar-refractivity contribution in [3.8, 4) is 11.5 Å². The molecule has 0 fully saturated rings. The van der Waals surface area contributed by atoms with Crippen molar-refractivity contribution in [3.63, 3.8) is 0 Å². The lowest BCUT2D eigenvalue weighted by molar-refractivity contribution is -0.193. The number of carbonyl (C=O) groups is 2. The number of likely N-dealkylation sites (N-methyl/N-ethyl adjacent to an activating group) is 1. The molecule has 0 bridgehead atoms. The van der Waals surface area contributed by atoms with E-state index in [9.17, 15) is 26.3 Å². The highest BCUT2D eigenvalue weighted by molar-refractivity contribution is 5.73. The van der Waals surface area contributed by atoms with Gasteiger partial charge in [-0.2, -0.15) is 26.3 Å². The number of benzene rings is 1. The molecule has 204 valence electrons. The van der Waals surface area contributed by atoms with Crippen LogP contribution in [0.3, 0.4) is 0 Å². The molecule has 0 amide bonds. The number of carboxylic acids is 2. The van der Waals surface area contributed by atoms with Gasteiger partial charge >= 0.3 is 24.3 Å². The van der Waals surface area contributed by atoms with Gasteiger partial charge in [0.15, 0.2) is 11.5 Å². The Morgan fingerprint density at radius 1 is 0.946 bits per heavy atom. The van der Waals surface area contributed by atoms with Crippen LogP contribution in [0, 0.1) is 6.92 Å². The molecule has 1 aromatic heterocycles. The Balaban J connectivity index is 0.000000286. The Bertz CT molecular complexity index is 1090. The van der Waals surface area contributed by atoms with Crippen molar-refractivity contribution in [3.05, 3.63) is 47.2 Å². The summed E-state index contributed by atoms with van der Waals surface area (Å²) >= 11 is 0. The average Bonchev–Trinajstić information content (AvgIpc) is 3.20. The normalized spacial score (nSPS) is 14.9. The van der Waals surface area contributed by atoms with Crippen LogP contribution in [0.4, 0.5) is 32.2 Å². The zero-order valence-electron chi connectivity index (χ0n) is 19.6. The maximum Gasteiger partial charge on any atom is 0.490 e. The molecule has 15 heteroatoms. The fourth-order valence-corrected chi connectivity index (χ4v) is 3.18. The van der Waals surface area contributed by atoms with Crippen molar-refractivity contribution >= 4 is 17.8 Å². The molecule has 2 N–H and O–H groups in total. The predicted octanol–water partition coefficient (Wildman–Crippen LogP) is 3.84. The monoisotopic (exact) mass is 539 g/mol. The number of carboxylic acid groups (broad SMARTS) is 2. The lowest BCUT2D eigenvalue weighted by Crippen LogP contribution is -2.29. The number of hydrogen-bond acceptors (Lipinski definition) is 7. The van der Waals surface area contributed by atoms with Gasteiger partial charge in [-0.25, -0.2) is 14.6 Å². The third-order valence-corrected chi connectivity index (χ3v) is 4.93. The van der Waals surface area contributed by atoms with Crippen molar-refractivity contribution < 1.29 is 55.6 Å². The highest BCUT2D eigenvalue weighted by atomic mass is 19.4. The van der Waals surface area contributed by atoms with E-state index in [1.54, 1.807) is 0 Å². The summed E-state index contributed by atoms with van der Waals surface area (Å²) in [5.74, 6) is -2.71. The fraction of sp³-hybridized carbons (Fsp3) is 0.409. The number of pyridine rings is 1. The summed E-state index contributed by atoms with van der Waals surface area (Å²) in [6.07, 6.45) is -10.2. The number of halogens is 6. The van der Waals surface area contributed by atoms with E-state index in [1.165, 1.54) is 11.1 Å². The fourth-order valence-electron chi connectivity index (χ4n) is 3.18. The Hall–Kier alpha value is -3.75. The number of alkyl halides is 6. The van der Waals surface area contributed by atoms with Crippen LogP contribution in [0.5, 0.6) is 11.5 Å². The maximum atomic E-state index is 10.6. The first-order valence-corrected chi connectivity index (χ1v) is 10.5. The SMILES string of the molecule is Cc1ccc2c(n1)N(C)CCN(Cc1ccc3c(c1)OCO3)C2.O=C(O)C(F)(F)F.O=C(O)C(F)(F)F. The molecule has 0 saturated carbocycles. The van der Waals surface area contributed by atoms with Gasteiger partial charge in [0.25, 0.3) is 0 Å². The molecule has 2 aromatic rings. The lowest BCUT2D eigenvalue weighted by Gasteiger charge is -2.20. The van der Waals surface area contributed by atoms with Crippen LogP contribution in [0.25, 0.3) is 0 Å². The number of aryl methyl sites for hydroxylation is 1. The summed E-state index contributed by atoms with van der Waals surface area (Å²) in [6, 6.07) is 10.5. The zero-order chi connectivity index (χ0) is 28.0. The van der Waals surface area contributed by atoms with Crippen molar-refractivity contribution in [2.75, 3.05) is 31.8 Å². The Morgan fingerprint density at radius 2 is 1.51 bits per heavy atom. The standard InChI is InChI=1S/C18H21N3O2.2C2HF3O2/c1-13-3-5-15-11-21(8-7-20(2)18(15)19-13)10-14-4-6-16-17(9-14)23-12-22-16;2*3-2(4,5)1(6)7/h3-6,9H,7-8,10-12H2,1-2H3;2*(H,6,7). The number of ether oxygens (including phenoxy) is 2. The zero-order valence-corrected chi connectivity index (χ0v) is 19.6. The number of hydrogen-bond donors (Lipinski definition) is 2. The van der Waals surface area contributed by atoms with Gasteiger partial charge in [-0.1, -0.05) is 12.1 Å². The van der Waals surface area contributed by atoms with Gasteiger partial charge in [-0.3, -0.25) is 4.90 Å². The van der Waals surface area contributed by atoms with Crippen molar-refractivity contribution in [2.45, 2.75) is 32.4 Å². The van der Waals surface area contributed by atoms with E-state index in [0.29, 0.717) is 6.79 Å². The molecular formula is C22H23F6N3O6. The molecular weight excluding hydrogens is 516 g/mol. The molecule has 0 atom stereocenters. The van der Waals surface area contributed by atoms with Gasteiger partial charge in [0.2, 0.25) is 6.79 Å². The largest absolute Gasteiger partial charge is 0.490 e. The number of nitrogens with zero attached hydrogens (tertiary/aromatic N) is 3. The molecule has 1 aromatic carbocycles. The predicted molar refractivity (Wildman–Crippen MR) is 116 cm³/mol. The van der Waals surface area contributed by atoms with E-state index in [0.717, 1.165) is 49.2 Å². The maximum absolute atomic E-state index is 10.6. The molecule has 37 heavy (non-hydrogen) atoms. The minimum absolute atomic E-state index is 0.325. The van der Waals surface area contributed by atoms with Crippen molar-refractivity contribution in [1.29, 1.82) is 0 Å². The van der Waals surface area contributed by atoms with Gasteiger partial charge in [0.05, 0.1) is 0 Å². The summed E-state index contributed by atoms with van der Waals surface area (Å²) < 4.78 is 74.3. The van der Waals surface area contributed by atoms with E-state index in [1.807, 2.05) is 13.0 Å². The van der Waals surface area contributed by atoms with Crippen LogP contribution in [-0.2, 0) is 22.7 Å². The molecule has 0 radical (unpaired) electrons. The van der Waals surface area contributed by atoms with Gasteiger partial charge in [-0.15, -0.1) is 0 Å². The number of rotatable bonds is 2. The molecule has 0 unspecified atom stereocenters. The van der Waals surface area contributed by atoms with Crippen LogP contribution in [-0.4, -0.2) is 71.3 Å². The highest BCUT2D eigenvalue weighted by Crippen LogP contribution is 2.33. The summed E-state index contributed by atoms with van der Waals surface area (Å²) in [6.45, 7) is 6.18. The molecule has 0 saturated heterocycles. The Kier molecular flexibility index (Phi) is 9.55. The highest BCUT2D eigenvalue weighted by Gasteiger charge is 2.38. The van der Waals surface area contributed by atoms with Gasteiger partial charge in [0, 0.05) is 44.5 Å². The van der Waals surface area contributed by atoms with Gasteiger partial charge in [0.1, 0.15) is 5.82 Å². The summed E-state index contributed by atoms with van der Waals surface area (Å²) in [4.78, 5) is 27.2. The van der Waals surface area contributed by atoms with Crippen LogP contribution in [0.1, 0.15) is 16.8 Å². The molecule has 3 heterocycles. The number of aliphatic carboxylic acids is 2. The second kappa shape index (κ2) is 12.0. The quantitative estimate of drug-likeness (QED) is 0.550. The van der Waals surface area contributed by atoms with Crippen LogP contribution in [0.2, 0.25) is 0 Å². The van der Waals surface area contributed by atoms with Gasteiger partial charge in [-0.05, 0) is 30.7 Å². The van der Waals surface area contributed by atoms with E-state index < -0.39 is 24.3 Å². The number of anilines is 1. The summed E-state index contributed by atoms with van der Waals surface area (Å²) in [5, 5.41) is 14.2. The smallest absolute Gasteiger partial charge is 0.475 e. The first-order valence-electron chi connectivity index (χ1n) is 10.5. The third-order valence-electron chi connectivity index (χ3n) is 4.93. The van der Waals surface area contributed by atoms with E-state index in [2.05, 4.69) is 41.1 Å². The van der Waals surface area contributed by atoms with E-state index in [-0.39, 0.29) is 0 Å². The molecule has 2 aliphatic heterocycles. The van der Waals surface area contributed by atoms with Crippen LogP contribution >= 0.6 is 0 Å². The summed E-state index contributed by atoms with van der Waals surface area (Å²) in [5.41, 5.74) is 3.61. The molecule has 4 rings (SSSR count). The molecule has 9 nitrogen and oxygen atoms in total. The Labute approximate surface area is 206 Å².